The number of aliphatic hydroxyl groups is 1. The van der Waals surface area contributed by atoms with Gasteiger partial charge in [0.15, 0.2) is 0 Å². The zero-order valence-corrected chi connectivity index (χ0v) is 11.5. The van der Waals surface area contributed by atoms with E-state index in [1.807, 2.05) is 12.1 Å². The van der Waals surface area contributed by atoms with Crippen molar-refractivity contribution in [1.82, 2.24) is 4.98 Å². The number of nitrogens with zero attached hydrogens (tertiary/aromatic N) is 1. The van der Waals surface area contributed by atoms with Crippen molar-refractivity contribution in [2.75, 3.05) is 0 Å². The van der Waals surface area contributed by atoms with Crippen molar-refractivity contribution >= 4 is 31.9 Å². The highest BCUT2D eigenvalue weighted by Gasteiger charge is 2.12. The fraction of sp³-hybridized carbons (Fsp3) is 0.364. The van der Waals surface area contributed by atoms with Crippen LogP contribution in [-0.4, -0.2) is 10.1 Å². The first kappa shape index (κ1) is 12.9. The van der Waals surface area contributed by atoms with E-state index in [0.29, 0.717) is 12.1 Å². The summed E-state index contributed by atoms with van der Waals surface area (Å²) in [5, 5.41) is 9.88. The predicted molar refractivity (Wildman–Crippen MR) is 68.6 cm³/mol. The topological polar surface area (TPSA) is 33.1 Å². The third kappa shape index (κ3) is 4.05. The molecule has 0 saturated heterocycles. The maximum absolute atomic E-state index is 9.88. The highest BCUT2D eigenvalue weighted by molar-refractivity contribution is 9.11. The Morgan fingerprint density at radius 3 is 2.87 bits per heavy atom. The van der Waals surface area contributed by atoms with Gasteiger partial charge in [0, 0.05) is 15.1 Å². The summed E-state index contributed by atoms with van der Waals surface area (Å²) >= 11 is 6.71. The van der Waals surface area contributed by atoms with Crippen LogP contribution in [0.25, 0.3) is 0 Å². The second-order valence-electron chi connectivity index (χ2n) is 3.26. The van der Waals surface area contributed by atoms with Crippen molar-refractivity contribution in [1.29, 1.82) is 0 Å². The lowest BCUT2D eigenvalue weighted by Gasteiger charge is -2.11. The Hall–Kier alpha value is -0.190. The van der Waals surface area contributed by atoms with Gasteiger partial charge in [0.25, 0.3) is 0 Å². The molecule has 0 spiro atoms. The molecular formula is C11H13Br2NO. The second-order valence-corrected chi connectivity index (χ2v) is 5.03. The molecule has 1 heterocycles. The summed E-state index contributed by atoms with van der Waals surface area (Å²) in [4.78, 5) is 4.19. The molecule has 15 heavy (non-hydrogen) atoms. The summed E-state index contributed by atoms with van der Waals surface area (Å²) < 4.78 is 1.74. The summed E-state index contributed by atoms with van der Waals surface area (Å²) in [6.07, 6.45) is 5.60. The zero-order valence-electron chi connectivity index (χ0n) is 8.29. The van der Waals surface area contributed by atoms with Crippen molar-refractivity contribution < 1.29 is 5.11 Å². The summed E-state index contributed by atoms with van der Waals surface area (Å²) in [5.41, 5.74) is 0.697. The fourth-order valence-corrected chi connectivity index (χ4v) is 2.51. The Labute approximate surface area is 107 Å². The number of rotatable bonds is 5. The molecule has 0 aliphatic rings. The summed E-state index contributed by atoms with van der Waals surface area (Å²) in [6, 6.07) is 1.89. The highest BCUT2D eigenvalue weighted by atomic mass is 79.9. The maximum atomic E-state index is 9.88. The van der Waals surface area contributed by atoms with E-state index in [1.54, 1.807) is 6.20 Å². The molecular weight excluding hydrogens is 322 g/mol. The molecule has 0 bridgehead atoms. The third-order valence-corrected chi connectivity index (χ3v) is 3.11. The average Bonchev–Trinajstić information content (AvgIpc) is 2.17. The minimum Gasteiger partial charge on any atom is -0.387 e. The van der Waals surface area contributed by atoms with Crippen molar-refractivity contribution in [2.45, 2.75) is 25.4 Å². The average molecular weight is 335 g/mol. The van der Waals surface area contributed by atoms with Gasteiger partial charge in [-0.15, -0.1) is 6.58 Å². The number of allylic oxidation sites excluding steroid dienone is 1. The van der Waals surface area contributed by atoms with Crippen molar-refractivity contribution in [3.63, 3.8) is 0 Å². The van der Waals surface area contributed by atoms with Gasteiger partial charge in [0.1, 0.15) is 0 Å². The molecule has 2 nitrogen and oxygen atoms in total. The normalized spacial score (nSPS) is 12.5. The van der Waals surface area contributed by atoms with E-state index in [1.165, 1.54) is 0 Å². The lowest BCUT2D eigenvalue weighted by Crippen LogP contribution is -2.01. The van der Waals surface area contributed by atoms with Crippen molar-refractivity contribution in [3.8, 4) is 0 Å². The smallest absolute Gasteiger partial charge is 0.0971 e. The molecule has 4 heteroatoms. The molecule has 0 amide bonds. The van der Waals surface area contributed by atoms with Crippen LogP contribution < -0.4 is 0 Å². The van der Waals surface area contributed by atoms with Gasteiger partial charge in [0.2, 0.25) is 0 Å². The number of aliphatic hydroxyl groups excluding tert-OH is 1. The summed E-state index contributed by atoms with van der Waals surface area (Å²) in [5.74, 6) is 0. The van der Waals surface area contributed by atoms with E-state index in [-0.39, 0.29) is 0 Å². The van der Waals surface area contributed by atoms with E-state index in [4.69, 9.17) is 0 Å². The Morgan fingerprint density at radius 1 is 1.53 bits per heavy atom. The van der Waals surface area contributed by atoms with Crippen molar-refractivity contribution in [3.05, 3.63) is 39.6 Å². The van der Waals surface area contributed by atoms with Crippen LogP contribution in [0.1, 0.15) is 31.1 Å². The van der Waals surface area contributed by atoms with E-state index >= 15 is 0 Å². The zero-order chi connectivity index (χ0) is 11.3. The predicted octanol–water partition coefficient (Wildman–Crippen LogP) is 4.00. The molecule has 1 aromatic rings. The Balaban J connectivity index is 2.64. The molecule has 1 N–H and O–H groups in total. The Bertz CT molecular complexity index is 341. The van der Waals surface area contributed by atoms with Crippen LogP contribution in [0.2, 0.25) is 0 Å². The summed E-state index contributed by atoms with van der Waals surface area (Å²) in [6.45, 7) is 3.65. The SMILES string of the molecule is C=CCCCC(O)c1ncc(Br)cc1Br. The number of hydrogen-bond donors (Lipinski definition) is 1. The maximum Gasteiger partial charge on any atom is 0.0971 e. The molecule has 0 aliphatic heterocycles. The molecule has 0 aliphatic carbocycles. The molecule has 0 radical (unpaired) electrons. The second kappa shape index (κ2) is 6.40. The lowest BCUT2D eigenvalue weighted by molar-refractivity contribution is 0.159. The van der Waals surface area contributed by atoms with Crippen molar-refractivity contribution in [2.24, 2.45) is 0 Å². The monoisotopic (exact) mass is 333 g/mol. The van der Waals surface area contributed by atoms with Gasteiger partial charge >= 0.3 is 0 Å². The number of hydrogen-bond acceptors (Lipinski definition) is 2. The molecule has 1 aromatic heterocycles. The first-order valence-corrected chi connectivity index (χ1v) is 6.33. The van der Waals surface area contributed by atoms with Gasteiger partial charge in [-0.25, -0.2) is 0 Å². The van der Waals surface area contributed by atoms with Crippen LogP contribution in [-0.2, 0) is 0 Å². The quantitative estimate of drug-likeness (QED) is 0.652. The first-order valence-electron chi connectivity index (χ1n) is 4.75. The Kier molecular flexibility index (Phi) is 5.50. The molecule has 1 atom stereocenters. The minimum atomic E-state index is -0.507. The molecule has 0 saturated carbocycles. The van der Waals surface area contributed by atoms with Gasteiger partial charge < -0.3 is 5.11 Å². The van der Waals surface area contributed by atoms with Crippen LogP contribution in [0.3, 0.4) is 0 Å². The number of halogens is 2. The molecule has 82 valence electrons. The van der Waals surface area contributed by atoms with Crippen LogP contribution >= 0.6 is 31.9 Å². The molecule has 1 rings (SSSR count). The molecule has 0 fully saturated rings. The van der Waals surface area contributed by atoms with Crippen LogP contribution in [0, 0.1) is 0 Å². The van der Waals surface area contributed by atoms with Gasteiger partial charge in [-0.05, 0) is 57.2 Å². The summed E-state index contributed by atoms with van der Waals surface area (Å²) in [7, 11) is 0. The lowest BCUT2D eigenvalue weighted by atomic mass is 10.1. The minimum absolute atomic E-state index is 0.507. The van der Waals surface area contributed by atoms with E-state index in [9.17, 15) is 5.11 Å². The van der Waals surface area contributed by atoms with E-state index in [0.717, 1.165) is 21.8 Å². The fourth-order valence-electron chi connectivity index (χ4n) is 1.26. The molecule has 1 unspecified atom stereocenters. The van der Waals surface area contributed by atoms with Crippen LogP contribution in [0.5, 0.6) is 0 Å². The number of aromatic nitrogens is 1. The largest absolute Gasteiger partial charge is 0.387 e. The van der Waals surface area contributed by atoms with Gasteiger partial charge in [-0.3, -0.25) is 4.98 Å². The van der Waals surface area contributed by atoms with Gasteiger partial charge in [-0.2, -0.15) is 0 Å². The third-order valence-electron chi connectivity index (χ3n) is 2.04. The van der Waals surface area contributed by atoms with E-state index in [2.05, 4.69) is 43.4 Å². The van der Waals surface area contributed by atoms with Crippen LogP contribution in [0.15, 0.2) is 33.9 Å². The highest BCUT2D eigenvalue weighted by Crippen LogP contribution is 2.27. The first-order chi connectivity index (χ1) is 7.15. The van der Waals surface area contributed by atoms with Gasteiger partial charge in [-0.1, -0.05) is 6.08 Å². The standard InChI is InChI=1S/C11H13Br2NO/c1-2-3-4-5-10(15)11-9(13)6-8(12)7-14-11/h2,6-7,10,15H,1,3-5H2. The van der Waals surface area contributed by atoms with Crippen LogP contribution in [0.4, 0.5) is 0 Å². The number of pyridine rings is 1. The number of unbranched alkanes of at least 4 members (excludes halogenated alkanes) is 1. The molecule has 0 aromatic carbocycles. The Morgan fingerprint density at radius 2 is 2.27 bits per heavy atom. The van der Waals surface area contributed by atoms with Gasteiger partial charge in [0.05, 0.1) is 11.8 Å². The van der Waals surface area contributed by atoms with E-state index < -0.39 is 6.10 Å².